The predicted molar refractivity (Wildman–Crippen MR) is 64.5 cm³/mol. The van der Waals surface area contributed by atoms with Crippen LogP contribution in [0.1, 0.15) is 45.4 Å². The van der Waals surface area contributed by atoms with Gasteiger partial charge in [-0.25, -0.2) is 4.79 Å². The van der Waals surface area contributed by atoms with E-state index in [4.69, 9.17) is 4.74 Å². The molecule has 1 aliphatic rings. The van der Waals surface area contributed by atoms with Gasteiger partial charge in [-0.2, -0.15) is 0 Å². The van der Waals surface area contributed by atoms with E-state index in [1.807, 2.05) is 0 Å². The summed E-state index contributed by atoms with van der Waals surface area (Å²) in [4.78, 5) is 11.4. The van der Waals surface area contributed by atoms with Crippen molar-refractivity contribution in [3.05, 3.63) is 0 Å². The summed E-state index contributed by atoms with van der Waals surface area (Å²) in [6.07, 6.45) is 6.47. The SMILES string of the molecule is CCCCCCOC(=O)NC1CCCNC1. The molecule has 0 aromatic heterocycles. The molecular formula is C12H24N2O2. The van der Waals surface area contributed by atoms with Gasteiger partial charge in [0.15, 0.2) is 0 Å². The Balaban J connectivity index is 1.97. The van der Waals surface area contributed by atoms with Crippen LogP contribution in [0.3, 0.4) is 0 Å². The van der Waals surface area contributed by atoms with E-state index < -0.39 is 0 Å². The molecule has 94 valence electrons. The van der Waals surface area contributed by atoms with E-state index in [1.165, 1.54) is 12.8 Å². The van der Waals surface area contributed by atoms with Crippen LogP contribution in [-0.2, 0) is 4.74 Å². The number of carbonyl (C=O) groups is 1. The lowest BCUT2D eigenvalue weighted by Crippen LogP contribution is -2.45. The summed E-state index contributed by atoms with van der Waals surface area (Å²) in [5.41, 5.74) is 0. The Labute approximate surface area is 98.1 Å². The van der Waals surface area contributed by atoms with Gasteiger partial charge in [0.2, 0.25) is 0 Å². The number of carbonyl (C=O) groups excluding carboxylic acids is 1. The molecule has 1 unspecified atom stereocenters. The third-order valence-corrected chi connectivity index (χ3v) is 2.85. The first kappa shape index (κ1) is 13.3. The smallest absolute Gasteiger partial charge is 0.407 e. The summed E-state index contributed by atoms with van der Waals surface area (Å²) in [5, 5.41) is 6.14. The maximum atomic E-state index is 11.4. The van der Waals surface area contributed by atoms with Crippen molar-refractivity contribution in [3.63, 3.8) is 0 Å². The molecule has 1 amide bonds. The predicted octanol–water partition coefficient (Wildman–Crippen LogP) is 2.04. The van der Waals surface area contributed by atoms with Gasteiger partial charge in [-0.05, 0) is 25.8 Å². The Morgan fingerprint density at radius 2 is 2.31 bits per heavy atom. The van der Waals surface area contributed by atoms with Gasteiger partial charge in [0.25, 0.3) is 0 Å². The molecular weight excluding hydrogens is 204 g/mol. The van der Waals surface area contributed by atoms with Crippen molar-refractivity contribution < 1.29 is 9.53 Å². The number of unbranched alkanes of at least 4 members (excludes halogenated alkanes) is 3. The van der Waals surface area contributed by atoms with Crippen LogP contribution in [0.15, 0.2) is 0 Å². The van der Waals surface area contributed by atoms with Gasteiger partial charge in [-0.1, -0.05) is 26.2 Å². The van der Waals surface area contributed by atoms with Crippen molar-refractivity contribution in [3.8, 4) is 0 Å². The fourth-order valence-electron chi connectivity index (χ4n) is 1.88. The van der Waals surface area contributed by atoms with Gasteiger partial charge in [0, 0.05) is 12.6 Å². The van der Waals surface area contributed by atoms with E-state index in [1.54, 1.807) is 0 Å². The second-order valence-electron chi connectivity index (χ2n) is 4.38. The molecule has 0 saturated carbocycles. The van der Waals surface area contributed by atoms with Crippen molar-refractivity contribution in [1.82, 2.24) is 10.6 Å². The van der Waals surface area contributed by atoms with Crippen LogP contribution in [0.5, 0.6) is 0 Å². The number of amides is 1. The second kappa shape index (κ2) is 8.39. The van der Waals surface area contributed by atoms with Gasteiger partial charge in [0.05, 0.1) is 6.61 Å². The van der Waals surface area contributed by atoms with Crippen molar-refractivity contribution in [2.75, 3.05) is 19.7 Å². The average Bonchev–Trinajstić information content (AvgIpc) is 2.30. The Bertz CT molecular complexity index is 191. The van der Waals surface area contributed by atoms with E-state index in [-0.39, 0.29) is 12.1 Å². The molecule has 2 N–H and O–H groups in total. The average molecular weight is 228 g/mol. The topological polar surface area (TPSA) is 50.4 Å². The molecule has 0 aromatic rings. The maximum Gasteiger partial charge on any atom is 0.407 e. The molecule has 4 nitrogen and oxygen atoms in total. The first-order valence-electron chi connectivity index (χ1n) is 6.47. The molecule has 1 aliphatic heterocycles. The minimum absolute atomic E-state index is 0.247. The lowest BCUT2D eigenvalue weighted by Gasteiger charge is -2.23. The van der Waals surface area contributed by atoms with E-state index in [0.29, 0.717) is 6.61 Å². The normalized spacial score (nSPS) is 20.4. The zero-order chi connectivity index (χ0) is 11.6. The Kier molecular flexibility index (Phi) is 6.97. The van der Waals surface area contributed by atoms with Crippen molar-refractivity contribution >= 4 is 6.09 Å². The molecule has 0 spiro atoms. The third kappa shape index (κ3) is 5.95. The Hall–Kier alpha value is -0.770. The number of hydrogen-bond donors (Lipinski definition) is 2. The number of nitrogens with one attached hydrogen (secondary N) is 2. The molecule has 1 atom stereocenters. The molecule has 16 heavy (non-hydrogen) atoms. The minimum atomic E-state index is -0.259. The van der Waals surface area contributed by atoms with Crippen molar-refractivity contribution in [2.24, 2.45) is 0 Å². The molecule has 1 saturated heterocycles. The third-order valence-electron chi connectivity index (χ3n) is 2.85. The lowest BCUT2D eigenvalue weighted by atomic mass is 10.1. The first-order chi connectivity index (χ1) is 7.83. The summed E-state index contributed by atoms with van der Waals surface area (Å²) in [6.45, 7) is 4.64. The van der Waals surface area contributed by atoms with E-state index in [0.717, 1.165) is 38.8 Å². The summed E-state index contributed by atoms with van der Waals surface area (Å²) >= 11 is 0. The van der Waals surface area contributed by atoms with E-state index >= 15 is 0 Å². The van der Waals surface area contributed by atoms with Gasteiger partial charge in [0.1, 0.15) is 0 Å². The Morgan fingerprint density at radius 3 is 3.00 bits per heavy atom. The number of ether oxygens (including phenoxy) is 1. The molecule has 4 heteroatoms. The largest absolute Gasteiger partial charge is 0.450 e. The highest BCUT2D eigenvalue weighted by Crippen LogP contribution is 2.02. The molecule has 0 aliphatic carbocycles. The molecule has 1 fully saturated rings. The van der Waals surface area contributed by atoms with Gasteiger partial charge < -0.3 is 15.4 Å². The molecule has 1 heterocycles. The van der Waals surface area contributed by atoms with E-state index in [2.05, 4.69) is 17.6 Å². The van der Waals surface area contributed by atoms with Crippen LogP contribution >= 0.6 is 0 Å². The molecule has 0 aromatic carbocycles. The fraction of sp³-hybridized carbons (Fsp3) is 0.917. The highest BCUT2D eigenvalue weighted by Gasteiger charge is 2.15. The number of rotatable bonds is 6. The van der Waals surface area contributed by atoms with E-state index in [9.17, 15) is 4.79 Å². The summed E-state index contributed by atoms with van der Waals surface area (Å²) < 4.78 is 5.11. The van der Waals surface area contributed by atoms with Crippen LogP contribution < -0.4 is 10.6 Å². The van der Waals surface area contributed by atoms with Crippen molar-refractivity contribution in [1.29, 1.82) is 0 Å². The first-order valence-corrected chi connectivity index (χ1v) is 6.47. The summed E-state index contributed by atoms with van der Waals surface area (Å²) in [5.74, 6) is 0. The van der Waals surface area contributed by atoms with Crippen LogP contribution in [0.2, 0.25) is 0 Å². The quantitative estimate of drug-likeness (QED) is 0.684. The van der Waals surface area contributed by atoms with Crippen molar-refractivity contribution in [2.45, 2.75) is 51.5 Å². The summed E-state index contributed by atoms with van der Waals surface area (Å²) in [7, 11) is 0. The van der Waals surface area contributed by atoms with Crippen LogP contribution in [0.4, 0.5) is 4.79 Å². The van der Waals surface area contributed by atoms with Crippen LogP contribution in [0.25, 0.3) is 0 Å². The standard InChI is InChI=1S/C12H24N2O2/c1-2-3-4-5-9-16-12(15)14-11-7-6-8-13-10-11/h11,13H,2-10H2,1H3,(H,14,15). The highest BCUT2D eigenvalue weighted by molar-refractivity contribution is 5.67. The fourth-order valence-corrected chi connectivity index (χ4v) is 1.88. The van der Waals surface area contributed by atoms with Gasteiger partial charge >= 0.3 is 6.09 Å². The lowest BCUT2D eigenvalue weighted by molar-refractivity contribution is 0.138. The van der Waals surface area contributed by atoms with Crippen LogP contribution in [0, 0.1) is 0 Å². The number of alkyl carbamates (subject to hydrolysis) is 1. The zero-order valence-electron chi connectivity index (χ0n) is 10.3. The maximum absolute atomic E-state index is 11.4. The second-order valence-corrected chi connectivity index (χ2v) is 4.38. The molecule has 0 bridgehead atoms. The van der Waals surface area contributed by atoms with Gasteiger partial charge in [-0.15, -0.1) is 0 Å². The number of hydrogen-bond acceptors (Lipinski definition) is 3. The minimum Gasteiger partial charge on any atom is -0.450 e. The summed E-state index contributed by atoms with van der Waals surface area (Å²) in [6, 6.07) is 0.247. The Morgan fingerprint density at radius 1 is 1.44 bits per heavy atom. The monoisotopic (exact) mass is 228 g/mol. The number of piperidine rings is 1. The highest BCUT2D eigenvalue weighted by atomic mass is 16.5. The molecule has 1 rings (SSSR count). The molecule has 0 radical (unpaired) electrons. The zero-order valence-corrected chi connectivity index (χ0v) is 10.3. The van der Waals surface area contributed by atoms with Crippen LogP contribution in [-0.4, -0.2) is 31.8 Å². The van der Waals surface area contributed by atoms with Gasteiger partial charge in [-0.3, -0.25) is 0 Å².